The predicted octanol–water partition coefficient (Wildman–Crippen LogP) is 7.49. The zero-order valence-electron chi connectivity index (χ0n) is 18.7. The van der Waals surface area contributed by atoms with Crippen LogP contribution in [0, 0.1) is 20.8 Å². The van der Waals surface area contributed by atoms with Crippen molar-refractivity contribution in [3.05, 3.63) is 102 Å². The van der Waals surface area contributed by atoms with E-state index in [2.05, 4.69) is 123 Å². The van der Waals surface area contributed by atoms with Gasteiger partial charge in [-0.05, 0) is 71.8 Å². The summed E-state index contributed by atoms with van der Waals surface area (Å²) in [6.45, 7) is 7.61. The van der Waals surface area contributed by atoms with E-state index < -0.39 is 0 Å². The highest BCUT2D eigenvalue weighted by Gasteiger charge is 2.27. The van der Waals surface area contributed by atoms with Gasteiger partial charge in [-0.3, -0.25) is 0 Å². The van der Waals surface area contributed by atoms with Gasteiger partial charge in [-0.2, -0.15) is 0 Å². The van der Waals surface area contributed by atoms with Crippen molar-refractivity contribution < 1.29 is 0 Å². The lowest BCUT2D eigenvalue weighted by Crippen LogP contribution is -2.25. The number of anilines is 3. The van der Waals surface area contributed by atoms with Crippen LogP contribution < -0.4 is 9.80 Å². The van der Waals surface area contributed by atoms with Gasteiger partial charge in [0.05, 0.1) is 18.0 Å². The van der Waals surface area contributed by atoms with Gasteiger partial charge < -0.3 is 9.80 Å². The fraction of sp³-hybridized carbons (Fsp3) is 0.172. The number of fused-ring (bicyclic) bond motifs is 1. The van der Waals surface area contributed by atoms with E-state index in [0.717, 1.165) is 6.67 Å². The van der Waals surface area contributed by atoms with Gasteiger partial charge in [0.1, 0.15) is 0 Å². The van der Waals surface area contributed by atoms with Crippen LogP contribution in [0.5, 0.6) is 0 Å². The first-order chi connectivity index (χ1) is 15.0. The van der Waals surface area contributed by atoms with Crippen LogP contribution in [-0.2, 0) is 0 Å². The summed E-state index contributed by atoms with van der Waals surface area (Å²) < 4.78 is 0. The van der Waals surface area contributed by atoms with E-state index >= 15 is 0 Å². The lowest BCUT2D eigenvalue weighted by molar-refractivity contribution is 0.941. The summed E-state index contributed by atoms with van der Waals surface area (Å²) in [6.07, 6.45) is 0. The third-order valence-corrected chi connectivity index (χ3v) is 6.42. The molecule has 2 heteroatoms. The Morgan fingerprint density at radius 3 is 1.90 bits per heavy atom. The second kappa shape index (κ2) is 7.63. The van der Waals surface area contributed by atoms with Gasteiger partial charge in [0.25, 0.3) is 0 Å². The molecule has 2 nitrogen and oxygen atoms in total. The quantitative estimate of drug-likeness (QED) is 0.349. The van der Waals surface area contributed by atoms with E-state index in [1.807, 2.05) is 0 Å². The first kappa shape index (κ1) is 19.4. The first-order valence-corrected chi connectivity index (χ1v) is 10.9. The molecule has 1 aliphatic rings. The molecule has 4 aromatic rings. The average Bonchev–Trinajstić information content (AvgIpc) is 3.11. The Hall–Kier alpha value is -3.52. The monoisotopic (exact) mass is 404 g/mol. The second-order valence-electron chi connectivity index (χ2n) is 8.56. The molecule has 1 heterocycles. The van der Waals surface area contributed by atoms with Gasteiger partial charge in [0, 0.05) is 12.7 Å². The standard InChI is InChI=1S/C29H28N2/c1-20-18-21(2)29(31-19-30(4)26-12-8-9-13-27(26)31)22(3)28(20)25-16-14-24(15-17-25)23-10-6-5-7-11-23/h5-18H,19H2,1-4H3. The van der Waals surface area contributed by atoms with E-state index in [4.69, 9.17) is 0 Å². The van der Waals surface area contributed by atoms with Gasteiger partial charge in [-0.15, -0.1) is 0 Å². The normalized spacial score (nSPS) is 12.9. The maximum Gasteiger partial charge on any atom is 0.0950 e. The first-order valence-electron chi connectivity index (χ1n) is 10.9. The summed E-state index contributed by atoms with van der Waals surface area (Å²) in [5, 5.41) is 0. The van der Waals surface area contributed by atoms with Crippen molar-refractivity contribution in [1.82, 2.24) is 0 Å². The van der Waals surface area contributed by atoms with Crippen molar-refractivity contribution in [2.24, 2.45) is 0 Å². The van der Waals surface area contributed by atoms with Crippen LogP contribution in [0.1, 0.15) is 16.7 Å². The van der Waals surface area contributed by atoms with Crippen LogP contribution in [0.2, 0.25) is 0 Å². The lowest BCUT2D eigenvalue weighted by atomic mass is 9.90. The molecule has 0 aromatic heterocycles. The van der Waals surface area contributed by atoms with E-state index in [1.165, 1.54) is 56.0 Å². The molecule has 0 atom stereocenters. The molecule has 0 aliphatic carbocycles. The van der Waals surface area contributed by atoms with Crippen LogP contribution in [0.4, 0.5) is 17.1 Å². The number of hydrogen-bond donors (Lipinski definition) is 0. The predicted molar refractivity (Wildman–Crippen MR) is 133 cm³/mol. The van der Waals surface area contributed by atoms with Gasteiger partial charge in [0.2, 0.25) is 0 Å². The molecule has 31 heavy (non-hydrogen) atoms. The minimum Gasteiger partial charge on any atom is -0.355 e. The minimum atomic E-state index is 0.872. The number of rotatable bonds is 3. The van der Waals surface area contributed by atoms with Gasteiger partial charge >= 0.3 is 0 Å². The minimum absolute atomic E-state index is 0.872. The Kier molecular flexibility index (Phi) is 4.78. The molecule has 0 saturated carbocycles. The van der Waals surface area contributed by atoms with Gasteiger partial charge in [-0.1, -0.05) is 72.8 Å². The number of para-hydroxylation sites is 2. The largest absolute Gasteiger partial charge is 0.355 e. The third-order valence-electron chi connectivity index (χ3n) is 6.42. The Morgan fingerprint density at radius 1 is 0.613 bits per heavy atom. The van der Waals surface area contributed by atoms with Crippen molar-refractivity contribution in [1.29, 1.82) is 0 Å². The van der Waals surface area contributed by atoms with Crippen LogP contribution in [0.15, 0.2) is 84.9 Å². The Bertz CT molecular complexity index is 1240. The zero-order valence-corrected chi connectivity index (χ0v) is 18.7. The molecule has 154 valence electrons. The van der Waals surface area contributed by atoms with Gasteiger partial charge in [0.15, 0.2) is 0 Å². The molecule has 4 aromatic carbocycles. The van der Waals surface area contributed by atoms with E-state index in [9.17, 15) is 0 Å². The molecular formula is C29H28N2. The Labute approximate surface area is 185 Å². The number of nitrogens with zero attached hydrogens (tertiary/aromatic N) is 2. The Morgan fingerprint density at radius 2 is 1.19 bits per heavy atom. The molecule has 0 amide bonds. The number of aryl methyl sites for hydroxylation is 2. The molecular weight excluding hydrogens is 376 g/mol. The molecule has 0 fully saturated rings. The van der Waals surface area contributed by atoms with E-state index in [0.29, 0.717) is 0 Å². The van der Waals surface area contributed by atoms with Crippen molar-refractivity contribution in [3.8, 4) is 22.3 Å². The summed E-state index contributed by atoms with van der Waals surface area (Å²) in [6, 6.07) is 30.6. The highest BCUT2D eigenvalue weighted by Crippen LogP contribution is 2.45. The molecule has 0 unspecified atom stereocenters. The lowest BCUT2D eigenvalue weighted by Gasteiger charge is -2.27. The molecule has 0 spiro atoms. The smallest absolute Gasteiger partial charge is 0.0950 e. The molecule has 0 saturated heterocycles. The average molecular weight is 405 g/mol. The second-order valence-corrected chi connectivity index (χ2v) is 8.56. The van der Waals surface area contributed by atoms with Crippen molar-refractivity contribution in [3.63, 3.8) is 0 Å². The van der Waals surface area contributed by atoms with Gasteiger partial charge in [-0.25, -0.2) is 0 Å². The molecule has 1 aliphatic heterocycles. The summed E-state index contributed by atoms with van der Waals surface area (Å²) in [4.78, 5) is 4.78. The van der Waals surface area contributed by atoms with E-state index in [1.54, 1.807) is 0 Å². The topological polar surface area (TPSA) is 6.48 Å². The van der Waals surface area contributed by atoms with Crippen LogP contribution in [0.3, 0.4) is 0 Å². The molecule has 0 N–H and O–H groups in total. The summed E-state index contributed by atoms with van der Waals surface area (Å²) in [5.41, 5.74) is 13.0. The maximum absolute atomic E-state index is 2.46. The number of hydrogen-bond acceptors (Lipinski definition) is 2. The van der Waals surface area contributed by atoms with Crippen molar-refractivity contribution in [2.75, 3.05) is 23.5 Å². The van der Waals surface area contributed by atoms with Crippen LogP contribution in [0.25, 0.3) is 22.3 Å². The highest BCUT2D eigenvalue weighted by molar-refractivity contribution is 5.88. The maximum atomic E-state index is 2.46. The van der Waals surface area contributed by atoms with Crippen molar-refractivity contribution in [2.45, 2.75) is 20.8 Å². The molecule has 0 bridgehead atoms. The van der Waals surface area contributed by atoms with Crippen LogP contribution >= 0.6 is 0 Å². The molecule has 5 rings (SSSR count). The highest BCUT2D eigenvalue weighted by atomic mass is 15.4. The summed E-state index contributed by atoms with van der Waals surface area (Å²) in [7, 11) is 2.17. The summed E-state index contributed by atoms with van der Waals surface area (Å²) >= 11 is 0. The van der Waals surface area contributed by atoms with Crippen molar-refractivity contribution >= 4 is 17.1 Å². The zero-order chi connectivity index (χ0) is 21.5. The summed E-state index contributed by atoms with van der Waals surface area (Å²) in [5.74, 6) is 0. The van der Waals surface area contributed by atoms with E-state index in [-0.39, 0.29) is 0 Å². The Balaban J connectivity index is 1.60. The fourth-order valence-electron chi connectivity index (χ4n) is 5.07. The molecule has 0 radical (unpaired) electrons. The number of benzene rings is 4. The van der Waals surface area contributed by atoms with Crippen LogP contribution in [-0.4, -0.2) is 13.7 Å². The SMILES string of the molecule is Cc1cc(C)c(N2CN(C)c3ccccc32)c(C)c1-c1ccc(-c2ccccc2)cc1. The third kappa shape index (κ3) is 3.29. The fourth-order valence-corrected chi connectivity index (χ4v) is 5.07.